The zero-order valence-electron chi connectivity index (χ0n) is 19.1. The number of hydrogen-bond donors (Lipinski definition) is 2. The van der Waals surface area contributed by atoms with Gasteiger partial charge in [0.05, 0.1) is 0 Å². The third-order valence-electron chi connectivity index (χ3n) is 4.50. The van der Waals surface area contributed by atoms with Gasteiger partial charge in [-0.15, -0.1) is 39.5 Å². The van der Waals surface area contributed by atoms with E-state index in [2.05, 4.69) is 85.5 Å². The van der Waals surface area contributed by atoms with Crippen LogP contribution in [-0.2, 0) is 12.3 Å². The van der Waals surface area contributed by atoms with E-state index in [4.69, 9.17) is 12.3 Å². The van der Waals surface area contributed by atoms with Gasteiger partial charge in [-0.3, -0.25) is 0 Å². The van der Waals surface area contributed by atoms with Crippen LogP contribution in [0.2, 0.25) is 39.3 Å². The largest absolute Gasteiger partial charge is 0.410 e. The van der Waals surface area contributed by atoms with Gasteiger partial charge in [-0.05, 0) is 26.2 Å². The predicted octanol–water partition coefficient (Wildman–Crippen LogP) is 3.56. The van der Waals surface area contributed by atoms with Crippen molar-refractivity contribution in [1.29, 1.82) is 0 Å². The predicted molar refractivity (Wildman–Crippen MR) is 143 cm³/mol. The van der Waals surface area contributed by atoms with Crippen molar-refractivity contribution >= 4 is 52.0 Å². The van der Waals surface area contributed by atoms with Crippen molar-refractivity contribution in [2.45, 2.75) is 39.3 Å². The van der Waals surface area contributed by atoms with Gasteiger partial charge in [-0.25, -0.2) is 0 Å². The Kier molecular flexibility index (Phi) is 11.6. The van der Waals surface area contributed by atoms with Crippen LogP contribution in [0.1, 0.15) is 0 Å². The van der Waals surface area contributed by atoms with Crippen LogP contribution in [0.15, 0.2) is 73.7 Å². The van der Waals surface area contributed by atoms with Crippen molar-refractivity contribution in [3.8, 4) is 0 Å². The Morgan fingerprint density at radius 2 is 0.966 bits per heavy atom. The highest BCUT2D eigenvalue weighted by Gasteiger charge is 2.53. The van der Waals surface area contributed by atoms with Crippen LogP contribution in [0.25, 0.3) is 0 Å². The zero-order valence-corrected chi connectivity index (χ0v) is 25.4. The summed E-state index contributed by atoms with van der Waals surface area (Å²) in [4.78, 5) is 0. The van der Waals surface area contributed by atoms with Gasteiger partial charge >= 0.3 is 25.7 Å². The molecule has 1 saturated heterocycles. The Morgan fingerprint density at radius 3 is 1.14 bits per heavy atom. The average molecular weight is 501 g/mol. The number of nitrogens with one attached hydrogen (secondary N) is 2. The van der Waals surface area contributed by atoms with E-state index in [1.807, 2.05) is 19.6 Å². The smallest absolute Gasteiger partial charge is 0.344 e. The first-order chi connectivity index (χ1) is 13.3. The summed E-state index contributed by atoms with van der Waals surface area (Å²) in [6.45, 7) is 35.6. The molecule has 0 radical (unpaired) electrons. The lowest BCUT2D eigenvalue weighted by atomic mass is 11.3. The van der Waals surface area contributed by atoms with Crippen molar-refractivity contribution in [2.75, 3.05) is 0 Å². The van der Waals surface area contributed by atoms with E-state index < -0.39 is 52.0 Å². The third kappa shape index (κ3) is 9.48. The van der Waals surface area contributed by atoms with Crippen LogP contribution in [0.3, 0.4) is 0 Å². The third-order valence-corrected chi connectivity index (χ3v) is 27.1. The van der Waals surface area contributed by atoms with Gasteiger partial charge in [-0.2, -0.15) is 0 Å². The Morgan fingerprint density at radius 1 is 0.690 bits per heavy atom. The number of hydrogen-bond acceptors (Lipinski definition) is 5. The summed E-state index contributed by atoms with van der Waals surface area (Å²) < 4.78 is 25.2. The van der Waals surface area contributed by atoms with Gasteiger partial charge in [-0.1, -0.05) is 47.3 Å². The Balaban J connectivity index is 0.000000543. The molecular formula is C18H40N2O3Si6. The molecule has 164 valence electrons. The van der Waals surface area contributed by atoms with E-state index in [1.54, 1.807) is 17.1 Å². The highest BCUT2D eigenvalue weighted by atomic mass is 28.5. The van der Waals surface area contributed by atoms with Gasteiger partial charge in [0.1, 0.15) is 17.9 Å². The molecule has 0 saturated carbocycles. The highest BCUT2D eigenvalue weighted by molar-refractivity contribution is 6.98. The van der Waals surface area contributed by atoms with Crippen molar-refractivity contribution in [2.24, 2.45) is 0 Å². The lowest BCUT2D eigenvalue weighted by Gasteiger charge is -2.46. The van der Waals surface area contributed by atoms with Crippen molar-refractivity contribution in [3.63, 3.8) is 0 Å². The van der Waals surface area contributed by atoms with E-state index in [0.717, 1.165) is 0 Å². The SMILES string of the molecule is C=C[SiH](C)N[Si](C)(C=C)N[SiH](C)C=C.C=C[Si]1(C)O[Si](C)(C=C)O[Si](C)(C=C)O1. The van der Waals surface area contributed by atoms with Crippen LogP contribution in [-0.4, -0.2) is 52.0 Å². The second kappa shape index (κ2) is 11.8. The first-order valence-electron chi connectivity index (χ1n) is 9.73. The Labute approximate surface area is 186 Å². The maximum Gasteiger partial charge on any atom is 0.344 e. The minimum Gasteiger partial charge on any atom is -0.410 e. The van der Waals surface area contributed by atoms with Crippen molar-refractivity contribution in [3.05, 3.63) is 73.7 Å². The Hall–Kier alpha value is -0.459. The summed E-state index contributed by atoms with van der Waals surface area (Å²) in [5.41, 5.74) is 11.5. The van der Waals surface area contributed by atoms with Crippen LogP contribution in [0.5, 0.6) is 0 Å². The minimum atomic E-state index is -2.30. The second-order valence-electron chi connectivity index (χ2n) is 7.71. The molecule has 0 bridgehead atoms. The molecule has 5 nitrogen and oxygen atoms in total. The molecule has 1 aliphatic heterocycles. The molecular weight excluding hydrogens is 461 g/mol. The summed E-state index contributed by atoms with van der Waals surface area (Å²) in [5.74, 6) is 0. The quantitative estimate of drug-likeness (QED) is 0.449. The zero-order chi connectivity index (χ0) is 22.9. The molecule has 11 heteroatoms. The van der Waals surface area contributed by atoms with E-state index >= 15 is 0 Å². The van der Waals surface area contributed by atoms with Crippen LogP contribution in [0.4, 0.5) is 0 Å². The highest BCUT2D eigenvalue weighted by Crippen LogP contribution is 2.31. The lowest BCUT2D eigenvalue weighted by molar-refractivity contribution is 0.250. The van der Waals surface area contributed by atoms with E-state index in [9.17, 15) is 0 Å². The average Bonchev–Trinajstić information content (AvgIpc) is 2.67. The molecule has 0 spiro atoms. The fraction of sp³-hybridized carbons (Fsp3) is 0.333. The molecule has 2 atom stereocenters. The van der Waals surface area contributed by atoms with Gasteiger partial charge in [0, 0.05) is 0 Å². The van der Waals surface area contributed by atoms with Gasteiger partial charge in [0.25, 0.3) is 0 Å². The molecule has 1 fully saturated rings. The number of rotatable bonds is 10. The Bertz CT molecular complexity index is 561. The standard InChI is InChI=1S/C9H22N2Si3.C9H18O3Si3/c1-7-12(4)10-14(6,9-3)11-13(5)8-2;1-7-13(4)10-14(5,8-2)12-15(6,9-3)11-13/h7-13H,1-3H2,4-6H3;7-9H,1-3H2,4-6H3. The molecule has 2 unspecified atom stereocenters. The summed E-state index contributed by atoms with van der Waals surface area (Å²) in [6, 6.07) is 0. The summed E-state index contributed by atoms with van der Waals surface area (Å²) in [7, 11) is -10.5. The second-order valence-corrected chi connectivity index (χ2v) is 26.7. The molecule has 1 rings (SSSR count). The molecule has 0 aromatic heterocycles. The molecule has 0 amide bonds. The maximum atomic E-state index is 5.94. The molecule has 1 heterocycles. The molecule has 0 aromatic carbocycles. The fourth-order valence-electron chi connectivity index (χ4n) is 2.74. The van der Waals surface area contributed by atoms with Gasteiger partial charge in [0.2, 0.25) is 8.40 Å². The van der Waals surface area contributed by atoms with Crippen molar-refractivity contribution < 1.29 is 12.3 Å². The molecule has 0 aliphatic carbocycles. The first-order valence-corrected chi connectivity index (χ1v) is 24.3. The van der Waals surface area contributed by atoms with E-state index in [1.165, 1.54) is 0 Å². The van der Waals surface area contributed by atoms with Crippen LogP contribution < -0.4 is 9.30 Å². The summed E-state index contributed by atoms with van der Waals surface area (Å²) >= 11 is 0. The van der Waals surface area contributed by atoms with Gasteiger partial charge in [0.15, 0.2) is 0 Å². The van der Waals surface area contributed by atoms with Crippen LogP contribution >= 0.6 is 0 Å². The normalized spacial score (nSPS) is 32.9. The van der Waals surface area contributed by atoms with E-state index in [-0.39, 0.29) is 0 Å². The summed E-state index contributed by atoms with van der Waals surface area (Å²) in [6.07, 6.45) is 0. The maximum absolute atomic E-state index is 5.94. The van der Waals surface area contributed by atoms with Crippen molar-refractivity contribution in [1.82, 2.24) is 9.30 Å². The van der Waals surface area contributed by atoms with Gasteiger partial charge < -0.3 is 21.6 Å². The van der Waals surface area contributed by atoms with Crippen LogP contribution in [0, 0.1) is 0 Å². The minimum absolute atomic E-state index is 0.964. The monoisotopic (exact) mass is 500 g/mol. The molecule has 0 aromatic rings. The topological polar surface area (TPSA) is 51.8 Å². The molecule has 29 heavy (non-hydrogen) atoms. The molecule has 1 aliphatic rings. The molecule has 2 N–H and O–H groups in total. The first kappa shape index (κ1) is 28.5. The lowest BCUT2D eigenvalue weighted by Crippen LogP contribution is -2.65. The fourth-order valence-corrected chi connectivity index (χ4v) is 26.6. The summed E-state index contributed by atoms with van der Waals surface area (Å²) in [5, 5.41) is 0. The van der Waals surface area contributed by atoms with E-state index in [0.29, 0.717) is 0 Å².